The van der Waals surface area contributed by atoms with Gasteiger partial charge in [-0.15, -0.1) is 0 Å². The lowest BCUT2D eigenvalue weighted by atomic mass is 9.91. The Balaban J connectivity index is 2.12. The van der Waals surface area contributed by atoms with Gasteiger partial charge in [-0.25, -0.2) is 19.3 Å². The number of imidazole rings is 1. The fourth-order valence-electron chi connectivity index (χ4n) is 3.88. The van der Waals surface area contributed by atoms with E-state index in [4.69, 9.17) is 5.73 Å². The van der Waals surface area contributed by atoms with Crippen LogP contribution in [0.4, 0.5) is 0 Å². The van der Waals surface area contributed by atoms with Crippen LogP contribution in [-0.4, -0.2) is 36.6 Å². The third-order valence-corrected chi connectivity index (χ3v) is 5.35. The number of aliphatic hydroxyl groups is 1. The summed E-state index contributed by atoms with van der Waals surface area (Å²) in [6.45, 7) is 1.86. The molecule has 144 valence electrons. The Kier molecular flexibility index (Phi) is 4.99. The number of hydrogen-bond donors (Lipinski definition) is 2. The lowest BCUT2D eigenvalue weighted by Gasteiger charge is -2.22. The molecule has 7 heteroatoms. The molecule has 0 saturated heterocycles. The van der Waals surface area contributed by atoms with E-state index in [9.17, 15) is 9.90 Å². The van der Waals surface area contributed by atoms with E-state index in [0.717, 1.165) is 19.3 Å². The Morgan fingerprint density at radius 1 is 1.39 bits per heavy atom. The summed E-state index contributed by atoms with van der Waals surface area (Å²) in [4.78, 5) is 22.0. The summed E-state index contributed by atoms with van der Waals surface area (Å²) in [5.74, 6) is 5.86. The summed E-state index contributed by atoms with van der Waals surface area (Å²) in [6.07, 6.45) is 9.16. The van der Waals surface area contributed by atoms with Crippen LogP contribution < -0.4 is 11.2 Å². The molecule has 1 aliphatic rings. The van der Waals surface area contributed by atoms with Crippen molar-refractivity contribution < 1.29 is 5.11 Å². The van der Waals surface area contributed by atoms with Crippen LogP contribution in [0, 0.1) is 11.8 Å². The molecule has 7 nitrogen and oxygen atoms in total. The topological polar surface area (TPSA) is 99.0 Å². The standard InChI is InChI=1S/C21H23N5O2/c1-2-14(27)8-9-18-19(15-5-3-7-17(15)22)20(28)16-6-4-10-24-21(16)26(18)25-12-11-23-13-25/h4,6,10-15,17,27H,2-3,5,7,22H2,1H3. The second-order valence-electron chi connectivity index (χ2n) is 7.12. The quantitative estimate of drug-likeness (QED) is 0.676. The van der Waals surface area contributed by atoms with Gasteiger partial charge in [0.25, 0.3) is 0 Å². The highest BCUT2D eigenvalue weighted by Crippen LogP contribution is 2.34. The number of nitrogens with zero attached hydrogens (tertiary/aromatic N) is 4. The maximum absolute atomic E-state index is 13.5. The number of aliphatic hydroxyl groups excluding tert-OH is 1. The first-order valence-electron chi connectivity index (χ1n) is 9.59. The van der Waals surface area contributed by atoms with Gasteiger partial charge in [0.05, 0.1) is 5.39 Å². The van der Waals surface area contributed by atoms with E-state index in [-0.39, 0.29) is 17.4 Å². The van der Waals surface area contributed by atoms with Crippen LogP contribution >= 0.6 is 0 Å². The Labute approximate surface area is 162 Å². The van der Waals surface area contributed by atoms with Gasteiger partial charge in [-0.3, -0.25) is 4.79 Å². The highest BCUT2D eigenvalue weighted by atomic mass is 16.3. The normalized spacial score (nSPS) is 20.1. The van der Waals surface area contributed by atoms with E-state index in [0.29, 0.717) is 28.7 Å². The molecule has 0 aliphatic heterocycles. The average Bonchev–Trinajstić information content (AvgIpc) is 3.38. The Bertz CT molecular complexity index is 1110. The van der Waals surface area contributed by atoms with Gasteiger partial charge < -0.3 is 10.8 Å². The van der Waals surface area contributed by atoms with Crippen molar-refractivity contribution >= 4 is 11.0 Å². The van der Waals surface area contributed by atoms with Crippen molar-refractivity contribution in [1.29, 1.82) is 0 Å². The van der Waals surface area contributed by atoms with E-state index in [1.54, 1.807) is 46.4 Å². The molecule has 0 amide bonds. The average molecular weight is 377 g/mol. The molecule has 3 aromatic rings. The number of hydrogen-bond acceptors (Lipinski definition) is 5. The summed E-state index contributed by atoms with van der Waals surface area (Å²) >= 11 is 0. The fourth-order valence-corrected chi connectivity index (χ4v) is 3.88. The molecule has 0 bridgehead atoms. The molecule has 3 N–H and O–H groups in total. The molecule has 3 unspecified atom stereocenters. The number of rotatable bonds is 3. The maximum Gasteiger partial charge on any atom is 0.195 e. The number of fused-ring (bicyclic) bond motifs is 1. The summed E-state index contributed by atoms with van der Waals surface area (Å²) in [5.41, 5.74) is 7.90. The fraction of sp³-hybridized carbons (Fsp3) is 0.381. The molecular weight excluding hydrogens is 354 g/mol. The molecule has 0 radical (unpaired) electrons. The number of pyridine rings is 2. The SMILES string of the molecule is CCC(O)C#Cc1c(C2CCCC2N)c(=O)c2cccnc2n1-n1ccnc1. The van der Waals surface area contributed by atoms with Crippen molar-refractivity contribution in [3.05, 3.63) is 58.5 Å². The maximum atomic E-state index is 13.5. The summed E-state index contributed by atoms with van der Waals surface area (Å²) in [5, 5.41) is 10.5. The van der Waals surface area contributed by atoms with Gasteiger partial charge in [0.15, 0.2) is 11.1 Å². The van der Waals surface area contributed by atoms with Gasteiger partial charge in [0.2, 0.25) is 0 Å². The van der Waals surface area contributed by atoms with E-state index < -0.39 is 6.10 Å². The second-order valence-corrected chi connectivity index (χ2v) is 7.12. The molecule has 1 saturated carbocycles. The minimum Gasteiger partial charge on any atom is -0.380 e. The van der Waals surface area contributed by atoms with Crippen molar-refractivity contribution in [2.75, 3.05) is 0 Å². The van der Waals surface area contributed by atoms with Crippen LogP contribution in [0.5, 0.6) is 0 Å². The predicted molar refractivity (Wildman–Crippen MR) is 107 cm³/mol. The Morgan fingerprint density at radius 3 is 2.93 bits per heavy atom. The molecule has 3 heterocycles. The van der Waals surface area contributed by atoms with E-state index in [2.05, 4.69) is 21.8 Å². The zero-order valence-electron chi connectivity index (χ0n) is 15.7. The zero-order valence-corrected chi connectivity index (χ0v) is 15.7. The largest absolute Gasteiger partial charge is 0.380 e. The molecule has 1 aliphatic carbocycles. The minimum atomic E-state index is -0.768. The molecule has 3 aromatic heterocycles. The Morgan fingerprint density at radius 2 is 2.25 bits per heavy atom. The molecule has 4 rings (SSSR count). The number of nitrogens with two attached hydrogens (primary N) is 1. The first kappa shape index (κ1) is 18.4. The third kappa shape index (κ3) is 3.11. The minimum absolute atomic E-state index is 0.0741. The van der Waals surface area contributed by atoms with Crippen LogP contribution in [0.15, 0.2) is 41.8 Å². The third-order valence-electron chi connectivity index (χ3n) is 5.35. The van der Waals surface area contributed by atoms with Crippen molar-refractivity contribution in [1.82, 2.24) is 19.3 Å². The van der Waals surface area contributed by atoms with Gasteiger partial charge >= 0.3 is 0 Å². The molecule has 1 fully saturated rings. The van der Waals surface area contributed by atoms with Crippen molar-refractivity contribution in [2.45, 2.75) is 50.7 Å². The number of aromatic nitrogens is 4. The first-order valence-corrected chi connectivity index (χ1v) is 9.59. The lowest BCUT2D eigenvalue weighted by Crippen LogP contribution is -2.31. The van der Waals surface area contributed by atoms with Gasteiger partial charge in [0.1, 0.15) is 18.1 Å². The molecule has 0 spiro atoms. The summed E-state index contributed by atoms with van der Waals surface area (Å²) in [6, 6.07) is 3.45. The monoisotopic (exact) mass is 377 g/mol. The van der Waals surface area contributed by atoms with Crippen LogP contribution in [0.25, 0.3) is 11.0 Å². The highest BCUT2D eigenvalue weighted by molar-refractivity contribution is 5.77. The zero-order chi connectivity index (χ0) is 19.7. The van der Waals surface area contributed by atoms with Crippen molar-refractivity contribution in [3.8, 4) is 11.8 Å². The van der Waals surface area contributed by atoms with Gasteiger partial charge in [0, 0.05) is 36.1 Å². The lowest BCUT2D eigenvalue weighted by molar-refractivity contribution is 0.228. The summed E-state index contributed by atoms with van der Waals surface area (Å²) < 4.78 is 3.54. The van der Waals surface area contributed by atoms with Gasteiger partial charge in [-0.2, -0.15) is 0 Å². The second kappa shape index (κ2) is 7.58. The van der Waals surface area contributed by atoms with E-state index >= 15 is 0 Å². The van der Waals surface area contributed by atoms with Crippen molar-refractivity contribution in [2.24, 2.45) is 5.73 Å². The van der Waals surface area contributed by atoms with Crippen LogP contribution in [0.3, 0.4) is 0 Å². The first-order chi connectivity index (χ1) is 13.6. The predicted octanol–water partition coefficient (Wildman–Crippen LogP) is 1.62. The molecule has 3 atom stereocenters. The Hall–Kier alpha value is -2.95. The van der Waals surface area contributed by atoms with E-state index in [1.807, 2.05) is 6.92 Å². The van der Waals surface area contributed by atoms with Gasteiger partial charge in [-0.05, 0) is 37.3 Å². The highest BCUT2D eigenvalue weighted by Gasteiger charge is 2.32. The molecular formula is C21H23N5O2. The smallest absolute Gasteiger partial charge is 0.195 e. The summed E-state index contributed by atoms with van der Waals surface area (Å²) in [7, 11) is 0. The van der Waals surface area contributed by atoms with E-state index in [1.165, 1.54) is 0 Å². The van der Waals surface area contributed by atoms with Crippen LogP contribution in [0.2, 0.25) is 0 Å². The molecule has 28 heavy (non-hydrogen) atoms. The van der Waals surface area contributed by atoms with Crippen LogP contribution in [-0.2, 0) is 0 Å². The van der Waals surface area contributed by atoms with Crippen molar-refractivity contribution in [3.63, 3.8) is 0 Å². The molecule has 0 aromatic carbocycles. The van der Waals surface area contributed by atoms with Gasteiger partial charge in [-0.1, -0.05) is 19.3 Å². The van der Waals surface area contributed by atoms with Crippen LogP contribution in [0.1, 0.15) is 49.8 Å².